The van der Waals surface area contributed by atoms with Crippen molar-refractivity contribution in [2.75, 3.05) is 6.61 Å². The van der Waals surface area contributed by atoms with E-state index in [1.54, 1.807) is 19.9 Å². The largest absolute Gasteiger partial charge is 0.483 e. The maximum absolute atomic E-state index is 12.2. The molecule has 2 rings (SSSR count). The fraction of sp³-hybridized carbons (Fsp3) is 0.286. The Balaban J connectivity index is 1.91. The zero-order chi connectivity index (χ0) is 20.5. The number of hydrazine groups is 1. The van der Waals surface area contributed by atoms with E-state index in [0.717, 1.165) is 11.1 Å². The first-order valence-corrected chi connectivity index (χ1v) is 9.01. The highest BCUT2D eigenvalue weighted by Gasteiger charge is 2.23. The van der Waals surface area contributed by atoms with E-state index in [9.17, 15) is 14.4 Å². The maximum atomic E-state index is 12.2. The Hall–Kier alpha value is -3.35. The number of rotatable bonds is 7. The summed E-state index contributed by atoms with van der Waals surface area (Å²) in [7, 11) is 0. The Kier molecular flexibility index (Phi) is 7.56. The lowest BCUT2D eigenvalue weighted by molar-refractivity contribution is -0.133. The molecule has 0 aliphatic carbocycles. The molecule has 0 aliphatic rings. The molecule has 0 aliphatic heterocycles. The van der Waals surface area contributed by atoms with Gasteiger partial charge in [-0.3, -0.25) is 25.2 Å². The molecule has 0 unspecified atom stereocenters. The van der Waals surface area contributed by atoms with Crippen LogP contribution in [0.5, 0.6) is 5.75 Å². The number of amides is 3. The van der Waals surface area contributed by atoms with Crippen LogP contribution in [0.3, 0.4) is 0 Å². The van der Waals surface area contributed by atoms with Crippen molar-refractivity contribution < 1.29 is 19.1 Å². The normalized spacial score (nSPS) is 11.4. The van der Waals surface area contributed by atoms with E-state index in [1.807, 2.05) is 48.5 Å². The van der Waals surface area contributed by atoms with E-state index in [-0.39, 0.29) is 18.4 Å². The predicted molar refractivity (Wildman–Crippen MR) is 106 cm³/mol. The van der Waals surface area contributed by atoms with Crippen molar-refractivity contribution >= 4 is 17.7 Å². The van der Waals surface area contributed by atoms with Crippen LogP contribution in [-0.2, 0) is 14.4 Å². The lowest BCUT2D eigenvalue weighted by atomic mass is 10.0. The standard InChI is InChI=1S/C21H25N3O4/c1-14(2)20(22-15(3)25)21(27)24-23-19(26)13-28-18-12-8-7-11-17(18)16-9-5-4-6-10-16/h4-12,14,20H,13H2,1-3H3,(H,22,25)(H,23,26)(H,24,27)/t20-/m1/s1. The molecule has 28 heavy (non-hydrogen) atoms. The van der Waals surface area contributed by atoms with E-state index in [4.69, 9.17) is 4.74 Å². The van der Waals surface area contributed by atoms with Gasteiger partial charge >= 0.3 is 0 Å². The van der Waals surface area contributed by atoms with Crippen molar-refractivity contribution in [1.29, 1.82) is 0 Å². The highest BCUT2D eigenvalue weighted by molar-refractivity contribution is 5.89. The molecule has 7 nitrogen and oxygen atoms in total. The van der Waals surface area contributed by atoms with Crippen LogP contribution in [0, 0.1) is 5.92 Å². The fourth-order valence-corrected chi connectivity index (χ4v) is 2.59. The van der Waals surface area contributed by atoms with Gasteiger partial charge in [-0.2, -0.15) is 0 Å². The number of hydrogen-bond donors (Lipinski definition) is 3. The van der Waals surface area contributed by atoms with Crippen LogP contribution in [0.15, 0.2) is 54.6 Å². The quantitative estimate of drug-likeness (QED) is 0.638. The molecular formula is C21H25N3O4. The molecule has 0 bridgehead atoms. The Labute approximate surface area is 164 Å². The Morgan fingerprint density at radius 1 is 0.929 bits per heavy atom. The summed E-state index contributed by atoms with van der Waals surface area (Å²) in [6, 6.07) is 16.3. The summed E-state index contributed by atoms with van der Waals surface area (Å²) >= 11 is 0. The van der Waals surface area contributed by atoms with Gasteiger partial charge in [0.05, 0.1) is 0 Å². The van der Waals surface area contributed by atoms with Gasteiger partial charge in [-0.25, -0.2) is 0 Å². The second-order valence-corrected chi connectivity index (χ2v) is 6.61. The number of hydrogen-bond acceptors (Lipinski definition) is 4. The third-order valence-corrected chi connectivity index (χ3v) is 3.96. The molecule has 0 spiro atoms. The van der Waals surface area contributed by atoms with Crippen molar-refractivity contribution in [3.8, 4) is 16.9 Å². The summed E-state index contributed by atoms with van der Waals surface area (Å²) in [5.41, 5.74) is 6.46. The number of nitrogens with one attached hydrogen (secondary N) is 3. The minimum absolute atomic E-state index is 0.130. The molecule has 0 radical (unpaired) electrons. The Morgan fingerprint density at radius 3 is 2.21 bits per heavy atom. The van der Waals surface area contributed by atoms with Gasteiger partial charge in [0, 0.05) is 12.5 Å². The maximum Gasteiger partial charge on any atom is 0.276 e. The second kappa shape index (κ2) is 10.1. The van der Waals surface area contributed by atoms with Crippen LogP contribution >= 0.6 is 0 Å². The smallest absolute Gasteiger partial charge is 0.276 e. The zero-order valence-electron chi connectivity index (χ0n) is 16.2. The van der Waals surface area contributed by atoms with Crippen molar-refractivity contribution in [3.05, 3.63) is 54.6 Å². The van der Waals surface area contributed by atoms with Gasteiger partial charge in [0.1, 0.15) is 11.8 Å². The van der Waals surface area contributed by atoms with Gasteiger partial charge in [-0.05, 0) is 17.5 Å². The first kappa shape index (κ1) is 21.0. The van der Waals surface area contributed by atoms with Crippen molar-refractivity contribution in [3.63, 3.8) is 0 Å². The van der Waals surface area contributed by atoms with E-state index >= 15 is 0 Å². The highest BCUT2D eigenvalue weighted by atomic mass is 16.5. The molecule has 3 amide bonds. The van der Waals surface area contributed by atoms with Gasteiger partial charge in [0.2, 0.25) is 5.91 Å². The monoisotopic (exact) mass is 383 g/mol. The predicted octanol–water partition coefficient (Wildman–Crippen LogP) is 2.04. The molecule has 0 aromatic heterocycles. The van der Waals surface area contributed by atoms with Gasteiger partial charge in [0.15, 0.2) is 6.61 Å². The van der Waals surface area contributed by atoms with Crippen LogP contribution in [0.1, 0.15) is 20.8 Å². The Morgan fingerprint density at radius 2 is 1.57 bits per heavy atom. The third kappa shape index (κ3) is 6.12. The SMILES string of the molecule is CC(=O)N[C@@H](C(=O)NNC(=O)COc1ccccc1-c1ccccc1)C(C)C. The highest BCUT2D eigenvalue weighted by Crippen LogP contribution is 2.29. The second-order valence-electron chi connectivity index (χ2n) is 6.61. The fourth-order valence-electron chi connectivity index (χ4n) is 2.59. The number of para-hydroxylation sites is 1. The van der Waals surface area contributed by atoms with E-state index in [0.29, 0.717) is 5.75 Å². The molecule has 2 aromatic rings. The third-order valence-electron chi connectivity index (χ3n) is 3.96. The average molecular weight is 383 g/mol. The van der Waals surface area contributed by atoms with Crippen molar-refractivity contribution in [2.45, 2.75) is 26.8 Å². The number of ether oxygens (including phenoxy) is 1. The van der Waals surface area contributed by atoms with Crippen LogP contribution in [0.25, 0.3) is 11.1 Å². The zero-order valence-corrected chi connectivity index (χ0v) is 16.2. The topological polar surface area (TPSA) is 96.5 Å². The van der Waals surface area contributed by atoms with E-state index < -0.39 is 17.9 Å². The van der Waals surface area contributed by atoms with Crippen molar-refractivity contribution in [2.24, 2.45) is 5.92 Å². The van der Waals surface area contributed by atoms with Gasteiger partial charge in [-0.1, -0.05) is 62.4 Å². The summed E-state index contributed by atoms with van der Waals surface area (Å²) in [4.78, 5) is 35.4. The van der Waals surface area contributed by atoms with Crippen LogP contribution in [-0.4, -0.2) is 30.4 Å². The molecule has 0 saturated heterocycles. The van der Waals surface area contributed by atoms with Gasteiger partial charge in [-0.15, -0.1) is 0 Å². The molecule has 0 heterocycles. The molecule has 0 saturated carbocycles. The molecule has 7 heteroatoms. The summed E-state index contributed by atoms with van der Waals surface area (Å²) in [6.07, 6.45) is 0. The molecule has 3 N–H and O–H groups in total. The molecular weight excluding hydrogens is 358 g/mol. The van der Waals surface area contributed by atoms with Crippen LogP contribution in [0.2, 0.25) is 0 Å². The molecule has 2 aromatic carbocycles. The van der Waals surface area contributed by atoms with Crippen LogP contribution < -0.4 is 20.9 Å². The summed E-state index contributed by atoms with van der Waals surface area (Å²) in [6.45, 7) is 4.66. The van der Waals surface area contributed by atoms with Gasteiger partial charge < -0.3 is 10.1 Å². The van der Waals surface area contributed by atoms with E-state index in [1.165, 1.54) is 6.92 Å². The minimum atomic E-state index is -0.738. The van der Waals surface area contributed by atoms with Gasteiger partial charge in [0.25, 0.3) is 11.8 Å². The number of carbonyl (C=O) groups is 3. The first-order chi connectivity index (χ1) is 13.4. The van der Waals surface area contributed by atoms with E-state index in [2.05, 4.69) is 16.2 Å². The molecule has 0 fully saturated rings. The number of carbonyl (C=O) groups excluding carboxylic acids is 3. The lowest BCUT2D eigenvalue weighted by Crippen LogP contribution is -2.54. The summed E-state index contributed by atoms with van der Waals surface area (Å²) in [5, 5.41) is 2.55. The lowest BCUT2D eigenvalue weighted by Gasteiger charge is -2.21. The van der Waals surface area contributed by atoms with Crippen LogP contribution in [0.4, 0.5) is 0 Å². The van der Waals surface area contributed by atoms with Crippen molar-refractivity contribution in [1.82, 2.24) is 16.2 Å². The average Bonchev–Trinajstić information content (AvgIpc) is 2.69. The number of benzene rings is 2. The summed E-state index contributed by atoms with van der Waals surface area (Å²) < 4.78 is 5.63. The first-order valence-electron chi connectivity index (χ1n) is 9.01. The Bertz CT molecular complexity index is 821. The molecule has 1 atom stereocenters. The molecule has 148 valence electrons. The summed E-state index contributed by atoms with van der Waals surface area (Å²) in [5.74, 6) is -0.894. The minimum Gasteiger partial charge on any atom is -0.483 e.